The van der Waals surface area contributed by atoms with E-state index in [9.17, 15) is 27.2 Å². The maximum Gasteiger partial charge on any atom is 0.408 e. The molecule has 1 fully saturated rings. The third-order valence-electron chi connectivity index (χ3n) is 4.65. The number of nitrogens with zero attached hydrogens (tertiary/aromatic N) is 1. The Balaban J connectivity index is 1.96. The molecule has 0 N–H and O–H groups in total. The lowest BCUT2D eigenvalue weighted by molar-refractivity contribution is -0.183. The number of carbonyl (C=O) groups is 2. The first-order chi connectivity index (χ1) is 12.8. The van der Waals surface area contributed by atoms with Crippen molar-refractivity contribution in [2.24, 2.45) is 0 Å². The molecule has 3 rings (SSSR count). The van der Waals surface area contributed by atoms with Gasteiger partial charge < -0.3 is 4.90 Å². The van der Waals surface area contributed by atoms with E-state index in [1.165, 1.54) is 36.4 Å². The van der Waals surface area contributed by atoms with Gasteiger partial charge in [-0.25, -0.2) is 4.39 Å². The molecule has 2 aromatic carbocycles. The second-order valence-corrected chi connectivity index (χ2v) is 6.43. The van der Waals surface area contributed by atoms with E-state index in [1.807, 2.05) is 0 Å². The van der Waals surface area contributed by atoms with Crippen LogP contribution in [0.15, 0.2) is 48.5 Å². The average Bonchev–Trinajstić information content (AvgIpc) is 2.67. The highest BCUT2D eigenvalue weighted by Gasteiger charge is 2.46. The first-order valence-corrected chi connectivity index (χ1v) is 8.56. The first kappa shape index (κ1) is 19.1. The molecule has 0 bridgehead atoms. The van der Waals surface area contributed by atoms with Crippen molar-refractivity contribution in [3.63, 3.8) is 0 Å². The van der Waals surface area contributed by atoms with Crippen LogP contribution in [0.5, 0.6) is 0 Å². The van der Waals surface area contributed by atoms with Gasteiger partial charge in [0.15, 0.2) is 5.78 Å². The lowest BCUT2D eigenvalue weighted by Gasteiger charge is -2.37. The Morgan fingerprint density at radius 1 is 0.926 bits per heavy atom. The van der Waals surface area contributed by atoms with Crippen LogP contribution < -0.4 is 0 Å². The number of ketones is 1. The van der Waals surface area contributed by atoms with E-state index in [2.05, 4.69) is 0 Å². The number of hydrogen-bond donors (Lipinski definition) is 0. The van der Waals surface area contributed by atoms with E-state index in [0.29, 0.717) is 12.8 Å². The van der Waals surface area contributed by atoms with Crippen molar-refractivity contribution in [2.45, 2.75) is 31.5 Å². The average molecular weight is 379 g/mol. The molecule has 0 radical (unpaired) electrons. The minimum atomic E-state index is -4.52. The molecule has 0 spiro atoms. The Labute approximate surface area is 153 Å². The van der Waals surface area contributed by atoms with Crippen molar-refractivity contribution >= 4 is 11.7 Å². The number of hydrogen-bond acceptors (Lipinski definition) is 2. The van der Waals surface area contributed by atoms with Crippen LogP contribution in [0, 0.1) is 5.82 Å². The molecule has 27 heavy (non-hydrogen) atoms. The Kier molecular flexibility index (Phi) is 5.30. The number of piperidine rings is 1. The topological polar surface area (TPSA) is 37.4 Å². The molecule has 142 valence electrons. The minimum absolute atomic E-state index is 0.000561. The van der Waals surface area contributed by atoms with Gasteiger partial charge in [-0.05, 0) is 49.6 Å². The highest BCUT2D eigenvalue weighted by Crippen LogP contribution is 2.33. The summed E-state index contributed by atoms with van der Waals surface area (Å²) in [7, 11) is 0. The van der Waals surface area contributed by atoms with Crippen molar-refractivity contribution in [1.82, 2.24) is 4.90 Å². The van der Waals surface area contributed by atoms with Crippen molar-refractivity contribution in [3.8, 4) is 0 Å². The zero-order valence-corrected chi connectivity index (χ0v) is 14.3. The lowest BCUT2D eigenvalue weighted by atomic mass is 9.95. The van der Waals surface area contributed by atoms with Crippen LogP contribution in [0.2, 0.25) is 0 Å². The predicted octanol–water partition coefficient (Wildman–Crippen LogP) is 4.61. The fourth-order valence-electron chi connectivity index (χ4n) is 3.29. The van der Waals surface area contributed by atoms with Crippen molar-refractivity contribution in [3.05, 3.63) is 71.0 Å². The van der Waals surface area contributed by atoms with Crippen LogP contribution in [0.3, 0.4) is 0 Å². The highest BCUT2D eigenvalue weighted by atomic mass is 19.4. The molecule has 1 aliphatic heterocycles. The molecular weight excluding hydrogens is 362 g/mol. The first-order valence-electron chi connectivity index (χ1n) is 8.56. The summed E-state index contributed by atoms with van der Waals surface area (Å²) < 4.78 is 53.1. The standard InChI is InChI=1S/C20H17F4NO2/c21-14-10-8-13(9-11-14)18(26)15-5-1-2-6-16(15)19(27)25-12-4-3-7-17(25)20(22,23)24/h1-2,5-6,8-11,17H,3-4,7,12H2. The smallest absolute Gasteiger partial charge is 0.327 e. The highest BCUT2D eigenvalue weighted by molar-refractivity contribution is 6.15. The fourth-order valence-corrected chi connectivity index (χ4v) is 3.29. The zero-order chi connectivity index (χ0) is 19.6. The second-order valence-electron chi connectivity index (χ2n) is 6.43. The van der Waals surface area contributed by atoms with Crippen LogP contribution in [0.25, 0.3) is 0 Å². The predicted molar refractivity (Wildman–Crippen MR) is 91.0 cm³/mol. The quantitative estimate of drug-likeness (QED) is 0.577. The molecule has 0 aliphatic carbocycles. The van der Waals surface area contributed by atoms with Crippen LogP contribution in [-0.2, 0) is 0 Å². The van der Waals surface area contributed by atoms with Gasteiger partial charge in [-0.1, -0.05) is 18.2 Å². The summed E-state index contributed by atoms with van der Waals surface area (Å²) in [6, 6.07) is 8.70. The molecule has 1 amide bonds. The monoisotopic (exact) mass is 379 g/mol. The number of amides is 1. The summed E-state index contributed by atoms with van der Waals surface area (Å²) >= 11 is 0. The Hall–Kier alpha value is -2.70. The van der Waals surface area contributed by atoms with E-state index < -0.39 is 29.7 Å². The number of halogens is 4. The number of benzene rings is 2. The molecular formula is C20H17F4NO2. The molecule has 0 aromatic heterocycles. The van der Waals surface area contributed by atoms with Gasteiger partial charge >= 0.3 is 6.18 Å². The second kappa shape index (κ2) is 7.50. The number of rotatable bonds is 3. The van der Waals surface area contributed by atoms with Crippen LogP contribution in [0.1, 0.15) is 45.5 Å². The molecule has 1 aliphatic rings. The summed E-state index contributed by atoms with van der Waals surface area (Å²) in [6.45, 7) is -0.0118. The summed E-state index contributed by atoms with van der Waals surface area (Å²) in [5, 5.41) is 0. The van der Waals surface area contributed by atoms with Gasteiger partial charge in [0.25, 0.3) is 5.91 Å². The minimum Gasteiger partial charge on any atom is -0.327 e. The SMILES string of the molecule is O=C(c1ccc(F)cc1)c1ccccc1C(=O)N1CCCCC1C(F)(F)F. The largest absolute Gasteiger partial charge is 0.408 e. The molecule has 0 saturated carbocycles. The third kappa shape index (κ3) is 4.02. The molecule has 1 saturated heterocycles. The summed E-state index contributed by atoms with van der Waals surface area (Å²) in [6.07, 6.45) is -3.80. The van der Waals surface area contributed by atoms with Crippen molar-refractivity contribution < 1.29 is 27.2 Å². The Bertz CT molecular complexity index is 846. The van der Waals surface area contributed by atoms with E-state index in [0.717, 1.165) is 17.0 Å². The maximum absolute atomic E-state index is 13.3. The lowest BCUT2D eigenvalue weighted by Crippen LogP contribution is -2.51. The van der Waals surface area contributed by atoms with Gasteiger partial charge in [0, 0.05) is 17.7 Å². The van der Waals surface area contributed by atoms with E-state index in [-0.39, 0.29) is 29.7 Å². The third-order valence-corrected chi connectivity index (χ3v) is 4.65. The summed E-state index contributed by atoms with van der Waals surface area (Å²) in [4.78, 5) is 26.4. The molecule has 1 atom stereocenters. The van der Waals surface area contributed by atoms with E-state index in [1.54, 1.807) is 0 Å². The van der Waals surface area contributed by atoms with E-state index in [4.69, 9.17) is 0 Å². The zero-order valence-electron chi connectivity index (χ0n) is 14.3. The Morgan fingerprint density at radius 2 is 1.56 bits per heavy atom. The molecule has 7 heteroatoms. The van der Waals surface area contributed by atoms with Crippen LogP contribution in [-0.4, -0.2) is 35.4 Å². The number of carbonyl (C=O) groups excluding carboxylic acids is 2. The number of likely N-dealkylation sites (tertiary alicyclic amines) is 1. The van der Waals surface area contributed by atoms with Crippen LogP contribution >= 0.6 is 0 Å². The summed E-state index contributed by atoms with van der Waals surface area (Å²) in [5.41, 5.74) is 0.0752. The normalized spacial score (nSPS) is 17.6. The molecule has 2 aromatic rings. The van der Waals surface area contributed by atoms with Gasteiger partial charge in [-0.2, -0.15) is 13.2 Å². The van der Waals surface area contributed by atoms with Gasteiger partial charge in [0.1, 0.15) is 11.9 Å². The van der Waals surface area contributed by atoms with E-state index >= 15 is 0 Å². The molecule has 1 heterocycles. The molecule has 1 unspecified atom stereocenters. The van der Waals surface area contributed by atoms with Gasteiger partial charge in [-0.15, -0.1) is 0 Å². The van der Waals surface area contributed by atoms with Crippen molar-refractivity contribution in [1.29, 1.82) is 0 Å². The van der Waals surface area contributed by atoms with Crippen molar-refractivity contribution in [2.75, 3.05) is 6.54 Å². The number of alkyl halides is 3. The maximum atomic E-state index is 13.3. The van der Waals surface area contributed by atoms with Gasteiger partial charge in [-0.3, -0.25) is 9.59 Å². The molecule has 3 nitrogen and oxygen atoms in total. The van der Waals surface area contributed by atoms with Gasteiger partial charge in [0.05, 0.1) is 5.56 Å². The van der Waals surface area contributed by atoms with Crippen LogP contribution in [0.4, 0.5) is 17.6 Å². The fraction of sp³-hybridized carbons (Fsp3) is 0.300. The summed E-state index contributed by atoms with van der Waals surface area (Å²) in [5.74, 6) is -1.88. The Morgan fingerprint density at radius 3 is 2.19 bits per heavy atom. The van der Waals surface area contributed by atoms with Gasteiger partial charge in [0.2, 0.25) is 0 Å².